The molecule has 2 aromatic carbocycles. The van der Waals surface area contributed by atoms with Gasteiger partial charge in [-0.25, -0.2) is 0 Å². The van der Waals surface area contributed by atoms with Gasteiger partial charge in [-0.1, -0.05) is 48.9 Å². The minimum absolute atomic E-state index is 0.409. The lowest BCUT2D eigenvalue weighted by Crippen LogP contribution is -2.12. The van der Waals surface area contributed by atoms with Gasteiger partial charge in [0.15, 0.2) is 0 Å². The quantitative estimate of drug-likeness (QED) is 0.779. The average Bonchev–Trinajstić information content (AvgIpc) is 2.57. The number of thioether (sulfide) groups is 1. The summed E-state index contributed by atoms with van der Waals surface area (Å²) in [6.45, 7) is 4.45. The van der Waals surface area contributed by atoms with Gasteiger partial charge >= 0.3 is 0 Å². The van der Waals surface area contributed by atoms with Gasteiger partial charge in [-0.2, -0.15) is 0 Å². The van der Waals surface area contributed by atoms with Crippen molar-refractivity contribution in [2.24, 2.45) is 0 Å². The van der Waals surface area contributed by atoms with Crippen molar-refractivity contribution in [2.45, 2.75) is 36.5 Å². The molecule has 98 valence electrons. The van der Waals surface area contributed by atoms with Crippen molar-refractivity contribution in [3.8, 4) is 0 Å². The van der Waals surface area contributed by atoms with Gasteiger partial charge in [-0.15, -0.1) is 11.8 Å². The minimum atomic E-state index is 0.409. The zero-order valence-electron chi connectivity index (χ0n) is 11.4. The maximum atomic E-state index is 3.70. The zero-order valence-corrected chi connectivity index (χ0v) is 12.2. The summed E-state index contributed by atoms with van der Waals surface area (Å²) in [4.78, 5) is 1.37. The summed E-state index contributed by atoms with van der Waals surface area (Å²) in [6.07, 6.45) is 1.16. The fourth-order valence-electron chi connectivity index (χ4n) is 2.55. The summed E-state index contributed by atoms with van der Waals surface area (Å²) in [7, 11) is 0. The highest BCUT2D eigenvalue weighted by Gasteiger charge is 2.21. The van der Waals surface area contributed by atoms with Gasteiger partial charge in [0.1, 0.15) is 0 Å². The molecule has 2 heteroatoms. The Morgan fingerprint density at radius 3 is 2.58 bits per heavy atom. The Morgan fingerprint density at radius 2 is 1.79 bits per heavy atom. The lowest BCUT2D eigenvalue weighted by molar-refractivity contribution is 0.694. The molecule has 0 fully saturated rings. The van der Waals surface area contributed by atoms with E-state index < -0.39 is 0 Å². The SMILES string of the molecule is Cc1ccc([C@H]2C[C@@H](C)Sc3ccccc3N2)cc1. The van der Waals surface area contributed by atoms with Crippen LogP contribution in [0, 0.1) is 6.92 Å². The third-order valence-electron chi connectivity index (χ3n) is 3.59. The van der Waals surface area contributed by atoms with Crippen LogP contribution in [-0.2, 0) is 0 Å². The van der Waals surface area contributed by atoms with E-state index in [2.05, 4.69) is 67.7 Å². The Hall–Kier alpha value is -1.41. The predicted octanol–water partition coefficient (Wildman–Crippen LogP) is 5.03. The molecule has 2 atom stereocenters. The van der Waals surface area contributed by atoms with Crippen LogP contribution in [0.1, 0.15) is 30.5 Å². The summed E-state index contributed by atoms with van der Waals surface area (Å²) >= 11 is 1.97. The topological polar surface area (TPSA) is 12.0 Å². The number of rotatable bonds is 1. The van der Waals surface area contributed by atoms with Crippen LogP contribution in [0.5, 0.6) is 0 Å². The van der Waals surface area contributed by atoms with E-state index in [4.69, 9.17) is 0 Å². The molecule has 0 amide bonds. The second-order valence-corrected chi connectivity index (χ2v) is 6.75. The van der Waals surface area contributed by atoms with E-state index in [1.165, 1.54) is 21.7 Å². The Morgan fingerprint density at radius 1 is 1.05 bits per heavy atom. The number of hydrogen-bond donors (Lipinski definition) is 1. The first-order valence-corrected chi connectivity index (χ1v) is 7.69. The van der Waals surface area contributed by atoms with E-state index in [1.807, 2.05) is 11.8 Å². The van der Waals surface area contributed by atoms with Crippen LogP contribution in [0.3, 0.4) is 0 Å². The van der Waals surface area contributed by atoms with Crippen molar-refractivity contribution in [3.63, 3.8) is 0 Å². The van der Waals surface area contributed by atoms with Gasteiger partial charge in [-0.3, -0.25) is 0 Å². The molecule has 0 saturated carbocycles. The van der Waals surface area contributed by atoms with E-state index in [0.717, 1.165) is 6.42 Å². The van der Waals surface area contributed by atoms with Crippen molar-refractivity contribution in [3.05, 3.63) is 59.7 Å². The molecule has 0 unspecified atom stereocenters. The standard InChI is InChI=1S/C17H19NS/c1-12-7-9-14(10-8-12)16-11-13(2)19-17-6-4-3-5-15(17)18-16/h3-10,13,16,18H,11H2,1-2H3/t13-,16-/m1/s1. The fourth-order valence-corrected chi connectivity index (χ4v) is 3.68. The largest absolute Gasteiger partial charge is 0.377 e. The van der Waals surface area contributed by atoms with Crippen molar-refractivity contribution in [1.29, 1.82) is 0 Å². The summed E-state index contributed by atoms with van der Waals surface area (Å²) in [5.74, 6) is 0. The lowest BCUT2D eigenvalue weighted by atomic mass is 10.0. The normalized spacial score (nSPS) is 22.2. The molecule has 0 spiro atoms. The summed E-state index contributed by atoms with van der Waals surface area (Å²) in [5, 5.41) is 4.33. The van der Waals surface area contributed by atoms with E-state index in [1.54, 1.807) is 0 Å². The van der Waals surface area contributed by atoms with E-state index >= 15 is 0 Å². The molecular formula is C17H19NS. The molecule has 1 aliphatic heterocycles. The number of anilines is 1. The molecule has 0 saturated heterocycles. The Bertz CT molecular complexity index is 562. The Labute approximate surface area is 119 Å². The molecule has 0 bridgehead atoms. The molecule has 1 nitrogen and oxygen atoms in total. The molecule has 1 N–H and O–H groups in total. The van der Waals surface area contributed by atoms with Crippen LogP contribution < -0.4 is 5.32 Å². The van der Waals surface area contributed by atoms with Crippen LogP contribution in [-0.4, -0.2) is 5.25 Å². The van der Waals surface area contributed by atoms with E-state index in [9.17, 15) is 0 Å². The van der Waals surface area contributed by atoms with Crippen LogP contribution in [0.2, 0.25) is 0 Å². The average molecular weight is 269 g/mol. The van der Waals surface area contributed by atoms with Gasteiger partial charge in [0.05, 0.1) is 6.04 Å². The number of hydrogen-bond acceptors (Lipinski definition) is 2. The van der Waals surface area contributed by atoms with Crippen LogP contribution in [0.4, 0.5) is 5.69 Å². The fraction of sp³-hybridized carbons (Fsp3) is 0.294. The number of aryl methyl sites for hydroxylation is 1. The molecule has 0 aromatic heterocycles. The predicted molar refractivity (Wildman–Crippen MR) is 83.9 cm³/mol. The molecule has 1 heterocycles. The van der Waals surface area contributed by atoms with Crippen LogP contribution >= 0.6 is 11.8 Å². The highest BCUT2D eigenvalue weighted by Crippen LogP contribution is 2.40. The van der Waals surface area contributed by atoms with E-state index in [-0.39, 0.29) is 0 Å². The Balaban J connectivity index is 1.93. The summed E-state index contributed by atoms with van der Waals surface area (Å²) in [5.41, 5.74) is 3.97. The van der Waals surface area contributed by atoms with Crippen molar-refractivity contribution < 1.29 is 0 Å². The number of benzene rings is 2. The third kappa shape index (κ3) is 2.79. The maximum absolute atomic E-state index is 3.70. The van der Waals surface area contributed by atoms with Gasteiger partial charge in [0.25, 0.3) is 0 Å². The maximum Gasteiger partial charge on any atom is 0.0524 e. The number of fused-ring (bicyclic) bond motifs is 1. The second kappa shape index (κ2) is 5.30. The van der Waals surface area contributed by atoms with Crippen LogP contribution in [0.15, 0.2) is 53.4 Å². The first-order valence-electron chi connectivity index (χ1n) is 6.81. The monoisotopic (exact) mass is 269 g/mol. The van der Waals surface area contributed by atoms with Crippen LogP contribution in [0.25, 0.3) is 0 Å². The molecule has 19 heavy (non-hydrogen) atoms. The highest BCUT2D eigenvalue weighted by atomic mass is 32.2. The van der Waals surface area contributed by atoms with Crippen molar-refractivity contribution in [1.82, 2.24) is 0 Å². The van der Waals surface area contributed by atoms with Gasteiger partial charge < -0.3 is 5.32 Å². The molecule has 3 rings (SSSR count). The summed E-state index contributed by atoms with van der Waals surface area (Å²) < 4.78 is 0. The smallest absolute Gasteiger partial charge is 0.0524 e. The number of nitrogens with one attached hydrogen (secondary N) is 1. The first kappa shape index (κ1) is 12.6. The third-order valence-corrected chi connectivity index (χ3v) is 4.80. The van der Waals surface area contributed by atoms with Gasteiger partial charge in [0.2, 0.25) is 0 Å². The van der Waals surface area contributed by atoms with Crippen molar-refractivity contribution >= 4 is 17.4 Å². The summed E-state index contributed by atoms with van der Waals surface area (Å²) in [6, 6.07) is 17.9. The molecule has 0 aliphatic carbocycles. The Kier molecular flexibility index (Phi) is 3.52. The highest BCUT2D eigenvalue weighted by molar-refractivity contribution is 8.00. The molecule has 1 aliphatic rings. The second-order valence-electron chi connectivity index (χ2n) is 5.27. The molecule has 0 radical (unpaired) electrons. The zero-order chi connectivity index (χ0) is 13.2. The minimum Gasteiger partial charge on any atom is -0.377 e. The first-order chi connectivity index (χ1) is 9.22. The number of para-hydroxylation sites is 1. The van der Waals surface area contributed by atoms with Gasteiger partial charge in [0, 0.05) is 15.8 Å². The van der Waals surface area contributed by atoms with Gasteiger partial charge in [-0.05, 0) is 31.0 Å². The van der Waals surface area contributed by atoms with Crippen molar-refractivity contribution in [2.75, 3.05) is 5.32 Å². The lowest BCUT2D eigenvalue weighted by Gasteiger charge is -2.19. The van der Waals surface area contributed by atoms with E-state index in [0.29, 0.717) is 11.3 Å². The molecular weight excluding hydrogens is 250 g/mol. The molecule has 2 aromatic rings.